The third-order valence-corrected chi connectivity index (χ3v) is 5.44. The lowest BCUT2D eigenvalue weighted by Crippen LogP contribution is -2.51. The summed E-state index contributed by atoms with van der Waals surface area (Å²) in [5, 5.41) is 12.4. The Morgan fingerprint density at radius 3 is 2.71 bits per heavy atom. The number of rotatable bonds is 4. The highest BCUT2D eigenvalue weighted by molar-refractivity contribution is 7.09. The standard InChI is InChI=1S/C17H25N5OS/c1-12(16-13(2)19-20-14(16)3)18-17(23)22-8-6-21(7-9-22)11-15-5-4-10-24-15/h4-5,10,12H,6-9,11H2,1-3H3,(H,18,23)(H,19,20)/t12-/m1/s1. The SMILES string of the molecule is Cc1n[nH]c(C)c1[C@@H](C)NC(=O)N1CCN(Cc2cccs2)CC1. The maximum atomic E-state index is 12.5. The summed E-state index contributed by atoms with van der Waals surface area (Å²) in [6.45, 7) is 10.3. The Balaban J connectivity index is 1.50. The van der Waals surface area contributed by atoms with Crippen molar-refractivity contribution in [1.82, 2.24) is 25.3 Å². The molecular weight excluding hydrogens is 322 g/mol. The van der Waals surface area contributed by atoms with Crippen LogP contribution in [0.4, 0.5) is 4.79 Å². The quantitative estimate of drug-likeness (QED) is 0.894. The second-order valence-electron chi connectivity index (χ2n) is 6.36. The van der Waals surface area contributed by atoms with E-state index in [9.17, 15) is 4.79 Å². The molecule has 130 valence electrons. The first-order chi connectivity index (χ1) is 11.5. The van der Waals surface area contributed by atoms with Crippen molar-refractivity contribution in [3.05, 3.63) is 39.3 Å². The minimum absolute atomic E-state index is 0.0123. The third-order valence-electron chi connectivity index (χ3n) is 4.58. The molecule has 0 bridgehead atoms. The monoisotopic (exact) mass is 347 g/mol. The Bertz CT molecular complexity index is 654. The molecule has 6 nitrogen and oxygen atoms in total. The Kier molecular flexibility index (Phi) is 5.20. The van der Waals surface area contributed by atoms with Crippen molar-refractivity contribution >= 4 is 17.4 Å². The maximum absolute atomic E-state index is 12.5. The number of hydrogen-bond acceptors (Lipinski definition) is 4. The Hall–Kier alpha value is -1.86. The number of thiophene rings is 1. The zero-order chi connectivity index (χ0) is 17.1. The van der Waals surface area contributed by atoms with E-state index in [0.717, 1.165) is 49.7 Å². The van der Waals surface area contributed by atoms with Crippen molar-refractivity contribution in [2.45, 2.75) is 33.4 Å². The van der Waals surface area contributed by atoms with Crippen LogP contribution in [0.3, 0.4) is 0 Å². The number of aromatic nitrogens is 2. The molecule has 0 saturated carbocycles. The fraction of sp³-hybridized carbons (Fsp3) is 0.529. The van der Waals surface area contributed by atoms with E-state index < -0.39 is 0 Å². The third kappa shape index (κ3) is 3.79. The van der Waals surface area contributed by atoms with Gasteiger partial charge in [0, 0.05) is 48.9 Å². The van der Waals surface area contributed by atoms with E-state index in [1.54, 1.807) is 11.3 Å². The van der Waals surface area contributed by atoms with Crippen LogP contribution in [-0.4, -0.2) is 52.2 Å². The average Bonchev–Trinajstić information content (AvgIpc) is 3.18. The molecule has 3 heterocycles. The van der Waals surface area contributed by atoms with Crippen LogP contribution in [0.15, 0.2) is 17.5 Å². The molecule has 0 unspecified atom stereocenters. The minimum Gasteiger partial charge on any atom is -0.331 e. The van der Waals surface area contributed by atoms with Crippen LogP contribution in [0.25, 0.3) is 0 Å². The summed E-state index contributed by atoms with van der Waals surface area (Å²) in [7, 11) is 0. The molecule has 1 aliphatic rings. The number of urea groups is 1. The summed E-state index contributed by atoms with van der Waals surface area (Å²) in [6, 6.07) is 4.23. The minimum atomic E-state index is -0.0413. The number of carbonyl (C=O) groups is 1. The summed E-state index contributed by atoms with van der Waals surface area (Å²) in [4.78, 5) is 18.2. The second-order valence-corrected chi connectivity index (χ2v) is 7.39. The molecular formula is C17H25N5OS. The molecule has 2 aromatic rings. The summed E-state index contributed by atoms with van der Waals surface area (Å²) >= 11 is 1.79. The predicted molar refractivity (Wildman–Crippen MR) is 96.2 cm³/mol. The molecule has 1 atom stereocenters. The highest BCUT2D eigenvalue weighted by Crippen LogP contribution is 2.19. The van der Waals surface area contributed by atoms with Crippen LogP contribution in [0, 0.1) is 13.8 Å². The molecule has 1 aliphatic heterocycles. The van der Waals surface area contributed by atoms with Gasteiger partial charge < -0.3 is 10.2 Å². The van der Waals surface area contributed by atoms with Gasteiger partial charge >= 0.3 is 6.03 Å². The van der Waals surface area contributed by atoms with Crippen molar-refractivity contribution in [2.75, 3.05) is 26.2 Å². The van der Waals surface area contributed by atoms with Gasteiger partial charge in [0.1, 0.15) is 0 Å². The Morgan fingerprint density at radius 2 is 2.12 bits per heavy atom. The van der Waals surface area contributed by atoms with E-state index >= 15 is 0 Å². The van der Waals surface area contributed by atoms with Crippen molar-refractivity contribution in [2.24, 2.45) is 0 Å². The number of carbonyl (C=O) groups excluding carboxylic acids is 1. The summed E-state index contributed by atoms with van der Waals surface area (Å²) in [6.07, 6.45) is 0. The average molecular weight is 347 g/mol. The number of H-pyrrole nitrogens is 1. The molecule has 1 saturated heterocycles. The lowest BCUT2D eigenvalue weighted by Gasteiger charge is -2.35. The van der Waals surface area contributed by atoms with Gasteiger partial charge in [0.25, 0.3) is 0 Å². The smallest absolute Gasteiger partial charge is 0.317 e. The van der Waals surface area contributed by atoms with Gasteiger partial charge in [-0.15, -0.1) is 11.3 Å². The van der Waals surface area contributed by atoms with Crippen molar-refractivity contribution < 1.29 is 4.79 Å². The first-order valence-electron chi connectivity index (χ1n) is 8.36. The highest BCUT2D eigenvalue weighted by Gasteiger charge is 2.24. The Morgan fingerprint density at radius 1 is 1.38 bits per heavy atom. The van der Waals surface area contributed by atoms with E-state index in [-0.39, 0.29) is 12.1 Å². The van der Waals surface area contributed by atoms with E-state index in [4.69, 9.17) is 0 Å². The molecule has 0 aliphatic carbocycles. The lowest BCUT2D eigenvalue weighted by atomic mass is 10.1. The number of piperazine rings is 1. The molecule has 2 N–H and O–H groups in total. The predicted octanol–water partition coefficient (Wildman–Crippen LogP) is 2.68. The molecule has 2 amide bonds. The highest BCUT2D eigenvalue weighted by atomic mass is 32.1. The van der Waals surface area contributed by atoms with E-state index in [1.165, 1.54) is 4.88 Å². The number of nitrogens with zero attached hydrogens (tertiary/aromatic N) is 3. The molecule has 7 heteroatoms. The first kappa shape index (κ1) is 17.0. The van der Waals surface area contributed by atoms with Crippen molar-refractivity contribution in [3.8, 4) is 0 Å². The summed E-state index contributed by atoms with van der Waals surface area (Å²) in [5.74, 6) is 0. The number of aryl methyl sites for hydroxylation is 2. The first-order valence-corrected chi connectivity index (χ1v) is 9.24. The summed E-state index contributed by atoms with van der Waals surface area (Å²) in [5.41, 5.74) is 3.04. The van der Waals surface area contributed by atoms with Gasteiger partial charge in [-0.05, 0) is 32.2 Å². The summed E-state index contributed by atoms with van der Waals surface area (Å²) < 4.78 is 0. The number of hydrogen-bond donors (Lipinski definition) is 2. The molecule has 1 fully saturated rings. The fourth-order valence-corrected chi connectivity index (χ4v) is 4.02. The van der Waals surface area contributed by atoms with E-state index in [1.807, 2.05) is 25.7 Å². The molecule has 0 spiro atoms. The van der Waals surface area contributed by atoms with E-state index in [0.29, 0.717) is 0 Å². The molecule has 2 aromatic heterocycles. The van der Waals surface area contributed by atoms with Crippen LogP contribution < -0.4 is 5.32 Å². The molecule has 0 aromatic carbocycles. The topological polar surface area (TPSA) is 64.3 Å². The fourth-order valence-electron chi connectivity index (χ4n) is 3.28. The van der Waals surface area contributed by atoms with Crippen molar-refractivity contribution in [1.29, 1.82) is 0 Å². The van der Waals surface area contributed by atoms with Crippen LogP contribution >= 0.6 is 11.3 Å². The lowest BCUT2D eigenvalue weighted by molar-refractivity contribution is 0.134. The van der Waals surface area contributed by atoms with Gasteiger partial charge in [0.2, 0.25) is 0 Å². The maximum Gasteiger partial charge on any atom is 0.317 e. The van der Waals surface area contributed by atoms with Gasteiger partial charge in [-0.1, -0.05) is 6.07 Å². The molecule has 0 radical (unpaired) electrons. The molecule has 24 heavy (non-hydrogen) atoms. The van der Waals surface area contributed by atoms with Gasteiger partial charge in [0.05, 0.1) is 11.7 Å². The van der Waals surface area contributed by atoms with Gasteiger partial charge in [-0.3, -0.25) is 10.00 Å². The normalized spacial score (nSPS) is 17.0. The van der Waals surface area contributed by atoms with E-state index in [2.05, 4.69) is 37.9 Å². The Labute approximate surface area is 146 Å². The van der Waals surface area contributed by atoms with Crippen LogP contribution in [0.5, 0.6) is 0 Å². The number of nitrogens with one attached hydrogen (secondary N) is 2. The largest absolute Gasteiger partial charge is 0.331 e. The van der Waals surface area contributed by atoms with Gasteiger partial charge in [-0.25, -0.2) is 4.79 Å². The molecule has 3 rings (SSSR count). The zero-order valence-corrected chi connectivity index (χ0v) is 15.3. The van der Waals surface area contributed by atoms with Gasteiger partial charge in [-0.2, -0.15) is 5.10 Å². The van der Waals surface area contributed by atoms with Crippen LogP contribution in [-0.2, 0) is 6.54 Å². The van der Waals surface area contributed by atoms with Crippen LogP contribution in [0.1, 0.15) is 34.8 Å². The van der Waals surface area contributed by atoms with Crippen LogP contribution in [0.2, 0.25) is 0 Å². The van der Waals surface area contributed by atoms with Crippen molar-refractivity contribution in [3.63, 3.8) is 0 Å². The zero-order valence-electron chi connectivity index (χ0n) is 14.5. The van der Waals surface area contributed by atoms with Gasteiger partial charge in [0.15, 0.2) is 0 Å². The number of amides is 2. The number of aromatic amines is 1. The second kappa shape index (κ2) is 7.36.